The van der Waals surface area contributed by atoms with Crippen molar-refractivity contribution in [1.29, 1.82) is 0 Å². The van der Waals surface area contributed by atoms with Gasteiger partial charge in [0, 0.05) is 37.7 Å². The van der Waals surface area contributed by atoms with Gasteiger partial charge in [0.2, 0.25) is 0 Å². The van der Waals surface area contributed by atoms with Crippen LogP contribution in [0.1, 0.15) is 46.4 Å². The van der Waals surface area contributed by atoms with Crippen LogP contribution in [0.15, 0.2) is 34.9 Å². The van der Waals surface area contributed by atoms with Crippen LogP contribution in [-0.4, -0.2) is 41.5 Å². The lowest BCUT2D eigenvalue weighted by Gasteiger charge is -2.32. The number of carbonyl (C=O) groups is 2. The third kappa shape index (κ3) is 4.28. The second-order valence-electron chi connectivity index (χ2n) is 6.51. The van der Waals surface area contributed by atoms with Gasteiger partial charge in [0.05, 0.1) is 0 Å². The molecule has 1 atom stereocenters. The molecule has 1 aliphatic rings. The van der Waals surface area contributed by atoms with E-state index >= 15 is 0 Å². The van der Waals surface area contributed by atoms with Crippen molar-refractivity contribution >= 4 is 11.8 Å². The Bertz CT molecular complexity index is 773. The average molecular weight is 359 g/mol. The molecule has 138 valence electrons. The van der Waals surface area contributed by atoms with E-state index in [2.05, 4.69) is 10.5 Å². The van der Waals surface area contributed by atoms with Crippen molar-refractivity contribution in [2.75, 3.05) is 19.6 Å². The maximum atomic E-state index is 12.9. The monoisotopic (exact) mass is 359 g/mol. The highest BCUT2D eigenvalue weighted by atomic mass is 19.1. The molecule has 1 N–H and O–H groups in total. The number of amides is 2. The molecule has 1 aliphatic heterocycles. The SMILES string of the molecule is CCc1cc(C(=O)N2CCCC(CNC(=O)c3ccc(F)cc3)C2)no1. The van der Waals surface area contributed by atoms with Crippen molar-refractivity contribution in [3.63, 3.8) is 0 Å². The second kappa shape index (κ2) is 8.12. The molecule has 0 radical (unpaired) electrons. The van der Waals surface area contributed by atoms with Gasteiger partial charge in [0.25, 0.3) is 11.8 Å². The molecule has 26 heavy (non-hydrogen) atoms. The first-order valence-electron chi connectivity index (χ1n) is 8.85. The zero-order chi connectivity index (χ0) is 18.5. The van der Waals surface area contributed by atoms with Crippen molar-refractivity contribution in [2.24, 2.45) is 5.92 Å². The predicted molar refractivity (Wildman–Crippen MR) is 93.2 cm³/mol. The standard InChI is InChI=1S/C19H22FN3O3/c1-2-16-10-17(22-26-16)19(25)23-9-3-4-13(12-23)11-21-18(24)14-5-7-15(20)8-6-14/h5-8,10,13H,2-4,9,11-12H2,1H3,(H,21,24). The molecule has 0 aliphatic carbocycles. The highest BCUT2D eigenvalue weighted by Crippen LogP contribution is 2.18. The van der Waals surface area contributed by atoms with Crippen LogP contribution in [0, 0.1) is 11.7 Å². The number of piperidine rings is 1. The Morgan fingerprint density at radius 2 is 2.12 bits per heavy atom. The Balaban J connectivity index is 1.54. The van der Waals surface area contributed by atoms with Crippen LogP contribution in [0.4, 0.5) is 4.39 Å². The lowest BCUT2D eigenvalue weighted by Crippen LogP contribution is -2.43. The van der Waals surface area contributed by atoms with Gasteiger partial charge in [0.15, 0.2) is 5.69 Å². The van der Waals surface area contributed by atoms with Crippen molar-refractivity contribution in [2.45, 2.75) is 26.2 Å². The Morgan fingerprint density at radius 3 is 2.81 bits per heavy atom. The van der Waals surface area contributed by atoms with Crippen LogP contribution >= 0.6 is 0 Å². The van der Waals surface area contributed by atoms with E-state index in [-0.39, 0.29) is 23.5 Å². The number of likely N-dealkylation sites (tertiary alicyclic amines) is 1. The van der Waals surface area contributed by atoms with Crippen LogP contribution in [0.25, 0.3) is 0 Å². The third-order valence-electron chi connectivity index (χ3n) is 4.59. The minimum Gasteiger partial charge on any atom is -0.361 e. The molecule has 1 saturated heterocycles. The Hall–Kier alpha value is -2.70. The summed E-state index contributed by atoms with van der Waals surface area (Å²) in [5, 5.41) is 6.71. The van der Waals surface area contributed by atoms with Gasteiger partial charge in [-0.15, -0.1) is 0 Å². The Kier molecular flexibility index (Phi) is 5.65. The summed E-state index contributed by atoms with van der Waals surface area (Å²) in [4.78, 5) is 26.4. The molecule has 1 fully saturated rings. The molecule has 1 unspecified atom stereocenters. The van der Waals surface area contributed by atoms with E-state index in [9.17, 15) is 14.0 Å². The molecule has 7 heteroatoms. The topological polar surface area (TPSA) is 75.4 Å². The minimum absolute atomic E-state index is 0.136. The number of aromatic nitrogens is 1. The van der Waals surface area contributed by atoms with Gasteiger partial charge in [-0.2, -0.15) is 0 Å². The second-order valence-corrected chi connectivity index (χ2v) is 6.51. The van der Waals surface area contributed by atoms with E-state index in [1.807, 2.05) is 6.92 Å². The molecular weight excluding hydrogens is 337 g/mol. The summed E-state index contributed by atoms with van der Waals surface area (Å²) < 4.78 is 18.0. The van der Waals surface area contributed by atoms with Crippen molar-refractivity contribution in [3.05, 3.63) is 53.2 Å². The lowest BCUT2D eigenvalue weighted by atomic mass is 9.97. The molecule has 2 heterocycles. The van der Waals surface area contributed by atoms with Crippen LogP contribution in [0.5, 0.6) is 0 Å². The molecular formula is C19H22FN3O3. The summed E-state index contributed by atoms with van der Waals surface area (Å²) in [5.41, 5.74) is 0.752. The van der Waals surface area contributed by atoms with Crippen molar-refractivity contribution in [3.8, 4) is 0 Å². The zero-order valence-corrected chi connectivity index (χ0v) is 14.7. The number of hydrogen-bond acceptors (Lipinski definition) is 4. The summed E-state index contributed by atoms with van der Waals surface area (Å²) >= 11 is 0. The highest BCUT2D eigenvalue weighted by Gasteiger charge is 2.26. The van der Waals surface area contributed by atoms with Gasteiger partial charge in [-0.1, -0.05) is 12.1 Å². The Morgan fingerprint density at radius 1 is 1.35 bits per heavy atom. The number of halogens is 1. The first kappa shape index (κ1) is 18.1. The van der Waals surface area contributed by atoms with Gasteiger partial charge >= 0.3 is 0 Å². The maximum absolute atomic E-state index is 12.9. The number of benzene rings is 1. The first-order chi connectivity index (χ1) is 12.6. The number of nitrogens with one attached hydrogen (secondary N) is 1. The highest BCUT2D eigenvalue weighted by molar-refractivity contribution is 5.94. The average Bonchev–Trinajstić information content (AvgIpc) is 3.15. The fourth-order valence-corrected chi connectivity index (χ4v) is 3.10. The van der Waals surface area contributed by atoms with E-state index in [1.54, 1.807) is 11.0 Å². The normalized spacial score (nSPS) is 17.2. The smallest absolute Gasteiger partial charge is 0.276 e. The lowest BCUT2D eigenvalue weighted by molar-refractivity contribution is 0.0660. The molecule has 1 aromatic carbocycles. The number of nitrogens with zero attached hydrogens (tertiary/aromatic N) is 2. The van der Waals surface area contributed by atoms with Crippen LogP contribution in [-0.2, 0) is 6.42 Å². The molecule has 2 amide bonds. The maximum Gasteiger partial charge on any atom is 0.276 e. The number of hydrogen-bond donors (Lipinski definition) is 1. The molecule has 0 saturated carbocycles. The van der Waals surface area contributed by atoms with Crippen molar-refractivity contribution < 1.29 is 18.5 Å². The molecule has 0 spiro atoms. The summed E-state index contributed by atoms with van der Waals surface area (Å²) in [5.74, 6) is 0.116. The first-order valence-corrected chi connectivity index (χ1v) is 8.85. The van der Waals surface area contributed by atoms with Crippen molar-refractivity contribution in [1.82, 2.24) is 15.4 Å². The number of carbonyl (C=O) groups excluding carboxylic acids is 2. The fourth-order valence-electron chi connectivity index (χ4n) is 3.10. The molecule has 1 aromatic heterocycles. The summed E-state index contributed by atoms with van der Waals surface area (Å²) in [7, 11) is 0. The fraction of sp³-hybridized carbons (Fsp3) is 0.421. The molecule has 3 rings (SSSR count). The number of rotatable bonds is 5. The van der Waals surface area contributed by atoms with Gasteiger partial charge in [0.1, 0.15) is 11.6 Å². The third-order valence-corrected chi connectivity index (χ3v) is 4.59. The molecule has 6 nitrogen and oxygen atoms in total. The van der Waals surface area contributed by atoms with E-state index in [0.717, 1.165) is 12.8 Å². The minimum atomic E-state index is -0.373. The quantitative estimate of drug-likeness (QED) is 0.891. The molecule has 0 bridgehead atoms. The Labute approximate surface area is 151 Å². The zero-order valence-electron chi connectivity index (χ0n) is 14.7. The van der Waals surface area contributed by atoms with E-state index in [0.29, 0.717) is 43.1 Å². The number of aryl methyl sites for hydroxylation is 1. The van der Waals surface area contributed by atoms with Crippen LogP contribution < -0.4 is 5.32 Å². The van der Waals surface area contributed by atoms with Gasteiger partial charge < -0.3 is 14.7 Å². The summed E-state index contributed by atoms with van der Waals surface area (Å²) in [6, 6.07) is 7.12. The van der Waals surface area contributed by atoms with Gasteiger partial charge in [-0.3, -0.25) is 9.59 Å². The van der Waals surface area contributed by atoms with E-state index in [4.69, 9.17) is 4.52 Å². The molecule has 2 aromatic rings. The van der Waals surface area contributed by atoms with E-state index in [1.165, 1.54) is 24.3 Å². The van der Waals surface area contributed by atoms with Crippen LogP contribution in [0.2, 0.25) is 0 Å². The van der Waals surface area contributed by atoms with E-state index < -0.39 is 0 Å². The predicted octanol–water partition coefficient (Wildman–Crippen LogP) is 2.66. The van der Waals surface area contributed by atoms with Gasteiger partial charge in [-0.25, -0.2) is 4.39 Å². The van der Waals surface area contributed by atoms with Crippen LogP contribution in [0.3, 0.4) is 0 Å². The largest absolute Gasteiger partial charge is 0.361 e. The summed E-state index contributed by atoms with van der Waals surface area (Å²) in [6.07, 6.45) is 2.51. The summed E-state index contributed by atoms with van der Waals surface area (Å²) in [6.45, 7) is 3.65. The van der Waals surface area contributed by atoms with Gasteiger partial charge in [-0.05, 0) is 43.0 Å².